The monoisotopic (exact) mass is 221 g/mol. The molecular formula is C8H15NO4S. The Morgan fingerprint density at radius 2 is 2.29 bits per heavy atom. The van der Waals surface area contributed by atoms with E-state index in [9.17, 15) is 9.00 Å². The van der Waals surface area contributed by atoms with E-state index < -0.39 is 11.4 Å². The zero-order chi connectivity index (χ0) is 11.1. The summed E-state index contributed by atoms with van der Waals surface area (Å²) < 4.78 is 22.9. The Bertz CT molecular complexity index is 241. The van der Waals surface area contributed by atoms with Crippen LogP contribution in [-0.2, 0) is 20.3 Å². The van der Waals surface area contributed by atoms with E-state index in [0.29, 0.717) is 12.1 Å². The fraction of sp³-hybridized carbons (Fsp3) is 0.625. The molecule has 1 amide bonds. The first-order chi connectivity index (χ1) is 6.43. The van der Waals surface area contributed by atoms with E-state index in [1.165, 1.54) is 0 Å². The van der Waals surface area contributed by atoms with Gasteiger partial charge in [0.2, 0.25) is 5.91 Å². The minimum Gasteiger partial charge on any atom is -0.352 e. The second-order valence-corrected chi connectivity index (χ2v) is 3.77. The van der Waals surface area contributed by atoms with Crippen LogP contribution in [0.5, 0.6) is 0 Å². The van der Waals surface area contributed by atoms with Crippen molar-refractivity contribution in [3.63, 3.8) is 0 Å². The van der Waals surface area contributed by atoms with Gasteiger partial charge in [-0.3, -0.25) is 13.5 Å². The maximum atomic E-state index is 11.0. The molecule has 82 valence electrons. The molecular weight excluding hydrogens is 206 g/mol. The molecule has 6 heteroatoms. The first kappa shape index (κ1) is 13.3. The number of hydrogen-bond acceptors (Lipinski definition) is 3. The minimum atomic E-state index is -2.24. The van der Waals surface area contributed by atoms with Crippen LogP contribution >= 0.6 is 0 Å². The highest BCUT2D eigenvalue weighted by molar-refractivity contribution is 7.74. The molecule has 0 saturated carbocycles. The van der Waals surface area contributed by atoms with Gasteiger partial charge in [-0.25, -0.2) is 0 Å². The first-order valence-corrected chi connectivity index (χ1v) is 5.14. The van der Waals surface area contributed by atoms with Crippen LogP contribution in [0.2, 0.25) is 0 Å². The smallest absolute Gasteiger partial charge is 0.301 e. The summed E-state index contributed by atoms with van der Waals surface area (Å²) in [7, 11) is 0. The van der Waals surface area contributed by atoms with Crippen LogP contribution in [-0.4, -0.2) is 27.8 Å². The Kier molecular flexibility index (Phi) is 6.35. The van der Waals surface area contributed by atoms with Crippen molar-refractivity contribution in [3.05, 3.63) is 12.2 Å². The minimum absolute atomic E-state index is 0.0191. The van der Waals surface area contributed by atoms with Gasteiger partial charge in [-0.05, 0) is 12.8 Å². The van der Waals surface area contributed by atoms with Gasteiger partial charge >= 0.3 is 11.4 Å². The third kappa shape index (κ3) is 6.76. The third-order valence-electron chi connectivity index (χ3n) is 1.45. The molecule has 5 nitrogen and oxygen atoms in total. The number of hydrogen-bond donors (Lipinski definition) is 2. The standard InChI is InChI=1S/C8H15NO4S/c1-6(2)8(10)9-4-7(3)5-13-14(11)12/h7H,1,4-5H2,2-3H3,(H,9,10)(H,11,12). The predicted octanol–water partition coefficient (Wildman–Crippen LogP) is 0.468. The zero-order valence-electron chi connectivity index (χ0n) is 8.28. The van der Waals surface area contributed by atoms with Crippen LogP contribution in [0.25, 0.3) is 0 Å². The van der Waals surface area contributed by atoms with E-state index in [1.54, 1.807) is 13.8 Å². The number of amides is 1. The highest BCUT2D eigenvalue weighted by atomic mass is 32.2. The first-order valence-electron chi connectivity index (χ1n) is 4.11. The second kappa shape index (κ2) is 6.69. The van der Waals surface area contributed by atoms with Gasteiger partial charge in [0.25, 0.3) is 0 Å². The molecule has 0 heterocycles. The Balaban J connectivity index is 3.63. The maximum Gasteiger partial charge on any atom is 0.301 e. The van der Waals surface area contributed by atoms with Gasteiger partial charge in [0.15, 0.2) is 0 Å². The van der Waals surface area contributed by atoms with Crippen LogP contribution in [0.15, 0.2) is 12.2 Å². The van der Waals surface area contributed by atoms with E-state index in [1.807, 2.05) is 0 Å². The summed E-state index contributed by atoms with van der Waals surface area (Å²) in [6.45, 7) is 7.40. The summed E-state index contributed by atoms with van der Waals surface area (Å²) in [6, 6.07) is 0. The van der Waals surface area contributed by atoms with Crippen LogP contribution < -0.4 is 5.32 Å². The second-order valence-electron chi connectivity index (χ2n) is 3.10. The Morgan fingerprint density at radius 3 is 2.71 bits per heavy atom. The molecule has 0 fully saturated rings. The van der Waals surface area contributed by atoms with Gasteiger partial charge in [0.05, 0.1) is 6.61 Å². The summed E-state index contributed by atoms with van der Waals surface area (Å²) in [5, 5.41) is 2.61. The molecule has 0 radical (unpaired) electrons. The van der Waals surface area contributed by atoms with Gasteiger partial charge in [-0.1, -0.05) is 13.5 Å². The molecule has 0 aromatic heterocycles. The number of nitrogens with one attached hydrogen (secondary N) is 1. The molecule has 2 atom stereocenters. The zero-order valence-corrected chi connectivity index (χ0v) is 9.10. The van der Waals surface area contributed by atoms with Crippen molar-refractivity contribution in [3.8, 4) is 0 Å². The summed E-state index contributed by atoms with van der Waals surface area (Å²) in [6.07, 6.45) is 0. The summed E-state index contributed by atoms with van der Waals surface area (Å²) >= 11 is -2.24. The van der Waals surface area contributed by atoms with Crippen LogP contribution in [0.4, 0.5) is 0 Å². The lowest BCUT2D eigenvalue weighted by molar-refractivity contribution is -0.117. The topological polar surface area (TPSA) is 75.6 Å². The fourth-order valence-electron chi connectivity index (χ4n) is 0.651. The van der Waals surface area contributed by atoms with Crippen molar-refractivity contribution in [2.75, 3.05) is 13.2 Å². The third-order valence-corrected chi connectivity index (χ3v) is 1.79. The van der Waals surface area contributed by atoms with Crippen molar-refractivity contribution in [1.82, 2.24) is 5.32 Å². The van der Waals surface area contributed by atoms with E-state index in [-0.39, 0.29) is 18.4 Å². The van der Waals surface area contributed by atoms with Crippen molar-refractivity contribution < 1.29 is 17.7 Å². The number of carbonyl (C=O) groups is 1. The molecule has 0 bridgehead atoms. The lowest BCUT2D eigenvalue weighted by Gasteiger charge is -2.10. The SMILES string of the molecule is C=C(C)C(=O)NCC(C)COS(=O)O. The molecule has 0 aliphatic rings. The van der Waals surface area contributed by atoms with E-state index >= 15 is 0 Å². The molecule has 0 aliphatic carbocycles. The van der Waals surface area contributed by atoms with Crippen LogP contribution in [0, 0.1) is 5.92 Å². The quantitative estimate of drug-likeness (QED) is 0.505. The summed E-state index contributed by atoms with van der Waals surface area (Å²) in [5.74, 6) is -0.239. The highest BCUT2D eigenvalue weighted by Gasteiger charge is 2.07. The average Bonchev–Trinajstić information content (AvgIpc) is 2.10. The molecule has 0 aromatic carbocycles. The summed E-state index contributed by atoms with van der Waals surface area (Å²) in [5.41, 5.74) is 0.434. The van der Waals surface area contributed by atoms with Gasteiger partial charge in [0, 0.05) is 12.1 Å². The molecule has 0 rings (SSSR count). The Morgan fingerprint density at radius 1 is 1.71 bits per heavy atom. The van der Waals surface area contributed by atoms with Crippen molar-refractivity contribution in [2.24, 2.45) is 5.92 Å². The largest absolute Gasteiger partial charge is 0.352 e. The Hall–Kier alpha value is -0.720. The normalized spacial score (nSPS) is 14.5. The van der Waals surface area contributed by atoms with Crippen molar-refractivity contribution in [2.45, 2.75) is 13.8 Å². The molecule has 0 aromatic rings. The molecule has 2 unspecified atom stereocenters. The lowest BCUT2D eigenvalue weighted by Crippen LogP contribution is -2.30. The van der Waals surface area contributed by atoms with Crippen molar-refractivity contribution in [1.29, 1.82) is 0 Å². The average molecular weight is 221 g/mol. The molecule has 14 heavy (non-hydrogen) atoms. The maximum absolute atomic E-state index is 11.0. The fourth-order valence-corrected chi connectivity index (χ4v) is 1.000. The predicted molar refractivity (Wildman–Crippen MR) is 53.7 cm³/mol. The van der Waals surface area contributed by atoms with Crippen LogP contribution in [0.3, 0.4) is 0 Å². The van der Waals surface area contributed by atoms with Gasteiger partial charge in [0.1, 0.15) is 0 Å². The highest BCUT2D eigenvalue weighted by Crippen LogP contribution is 1.96. The Labute approximate surface area is 86.0 Å². The molecule has 0 spiro atoms. The van der Waals surface area contributed by atoms with E-state index in [2.05, 4.69) is 16.1 Å². The van der Waals surface area contributed by atoms with Crippen LogP contribution in [0.1, 0.15) is 13.8 Å². The molecule has 0 saturated heterocycles. The lowest BCUT2D eigenvalue weighted by atomic mass is 10.2. The van der Waals surface area contributed by atoms with E-state index in [4.69, 9.17) is 4.55 Å². The van der Waals surface area contributed by atoms with Gasteiger partial charge < -0.3 is 5.32 Å². The summed E-state index contributed by atoms with van der Waals surface area (Å²) in [4.78, 5) is 11.0. The van der Waals surface area contributed by atoms with Gasteiger partial charge in [-0.15, -0.1) is 0 Å². The molecule has 0 aliphatic heterocycles. The van der Waals surface area contributed by atoms with E-state index in [0.717, 1.165) is 0 Å². The van der Waals surface area contributed by atoms with Gasteiger partial charge in [-0.2, -0.15) is 4.21 Å². The van der Waals surface area contributed by atoms with Crippen molar-refractivity contribution >= 4 is 17.3 Å². The number of carbonyl (C=O) groups excluding carboxylic acids is 1. The number of rotatable bonds is 6. The molecule has 2 N–H and O–H groups in total.